The zero-order valence-corrected chi connectivity index (χ0v) is 13.5. The van der Waals surface area contributed by atoms with E-state index in [4.69, 9.17) is 0 Å². The highest BCUT2D eigenvalue weighted by molar-refractivity contribution is 5.61. The highest BCUT2D eigenvalue weighted by atomic mass is 16.1. The van der Waals surface area contributed by atoms with Crippen LogP contribution in [0.3, 0.4) is 0 Å². The Kier molecular flexibility index (Phi) is 4.63. The molecule has 0 aliphatic carbocycles. The van der Waals surface area contributed by atoms with Crippen LogP contribution in [0.2, 0.25) is 0 Å². The predicted molar refractivity (Wildman–Crippen MR) is 88.6 cm³/mol. The van der Waals surface area contributed by atoms with Crippen LogP contribution in [0.25, 0.3) is 11.3 Å². The molecular formula is C18H24N2O. The molecule has 2 aromatic rings. The molecule has 0 aliphatic heterocycles. The van der Waals surface area contributed by atoms with Gasteiger partial charge in [-0.3, -0.25) is 4.79 Å². The predicted octanol–water partition coefficient (Wildman–Crippen LogP) is 3.17. The molecule has 0 saturated heterocycles. The molecule has 3 nitrogen and oxygen atoms in total. The molecular weight excluding hydrogens is 260 g/mol. The molecule has 1 aromatic heterocycles. The molecule has 2 rings (SSSR count). The van der Waals surface area contributed by atoms with E-state index in [1.165, 1.54) is 11.1 Å². The molecule has 0 saturated carbocycles. The van der Waals surface area contributed by atoms with Crippen molar-refractivity contribution in [3.8, 4) is 11.3 Å². The molecule has 0 aliphatic rings. The highest BCUT2D eigenvalue weighted by Gasteiger charge is 2.08. The van der Waals surface area contributed by atoms with E-state index in [1.54, 1.807) is 4.57 Å². The average molecular weight is 284 g/mol. The van der Waals surface area contributed by atoms with Crippen LogP contribution in [0.1, 0.15) is 30.5 Å². The van der Waals surface area contributed by atoms with Crippen LogP contribution in [-0.4, -0.2) is 10.6 Å². The summed E-state index contributed by atoms with van der Waals surface area (Å²) in [6.07, 6.45) is 0. The van der Waals surface area contributed by atoms with Crippen molar-refractivity contribution in [3.05, 3.63) is 57.4 Å². The molecule has 0 atom stereocenters. The Morgan fingerprint density at radius 2 is 1.81 bits per heavy atom. The summed E-state index contributed by atoms with van der Waals surface area (Å²) in [5.74, 6) is 0. The van der Waals surface area contributed by atoms with E-state index in [2.05, 4.69) is 51.2 Å². The Balaban J connectivity index is 2.40. The molecule has 21 heavy (non-hydrogen) atoms. The lowest BCUT2D eigenvalue weighted by molar-refractivity contribution is 0.583. The Morgan fingerprint density at radius 1 is 1.10 bits per heavy atom. The molecule has 0 unspecified atom stereocenters. The second-order valence-electron chi connectivity index (χ2n) is 5.94. The first kappa shape index (κ1) is 15.5. The Hall–Kier alpha value is -1.87. The number of rotatable bonds is 4. The van der Waals surface area contributed by atoms with Gasteiger partial charge in [-0.1, -0.05) is 32.0 Å². The summed E-state index contributed by atoms with van der Waals surface area (Å²) >= 11 is 0. The van der Waals surface area contributed by atoms with Crippen molar-refractivity contribution in [3.63, 3.8) is 0 Å². The zero-order chi connectivity index (χ0) is 15.6. The summed E-state index contributed by atoms with van der Waals surface area (Å²) in [5, 5.41) is 3.29. The first-order chi connectivity index (χ1) is 9.90. The van der Waals surface area contributed by atoms with Crippen LogP contribution in [-0.2, 0) is 13.6 Å². The average Bonchev–Trinajstić information content (AvgIpc) is 2.43. The smallest absolute Gasteiger partial charge is 0.255 e. The van der Waals surface area contributed by atoms with Crippen molar-refractivity contribution in [2.45, 2.75) is 40.3 Å². The molecule has 1 heterocycles. The lowest BCUT2D eigenvalue weighted by Gasteiger charge is -2.13. The zero-order valence-electron chi connectivity index (χ0n) is 13.5. The van der Waals surface area contributed by atoms with Crippen molar-refractivity contribution in [2.75, 3.05) is 0 Å². The number of hydrogen-bond donors (Lipinski definition) is 1. The summed E-state index contributed by atoms with van der Waals surface area (Å²) in [6, 6.07) is 10.6. The summed E-state index contributed by atoms with van der Waals surface area (Å²) in [5.41, 5.74) is 5.42. The van der Waals surface area contributed by atoms with Gasteiger partial charge in [0.15, 0.2) is 0 Å². The van der Waals surface area contributed by atoms with E-state index < -0.39 is 0 Å². The fourth-order valence-electron chi connectivity index (χ4n) is 2.33. The van der Waals surface area contributed by atoms with Crippen LogP contribution < -0.4 is 10.9 Å². The van der Waals surface area contributed by atoms with Crippen molar-refractivity contribution >= 4 is 0 Å². The molecule has 3 heteroatoms. The van der Waals surface area contributed by atoms with E-state index in [0.717, 1.165) is 16.8 Å². The number of aromatic nitrogens is 1. The van der Waals surface area contributed by atoms with Gasteiger partial charge in [-0.05, 0) is 42.7 Å². The van der Waals surface area contributed by atoms with Gasteiger partial charge in [0.1, 0.15) is 0 Å². The van der Waals surface area contributed by atoms with Gasteiger partial charge in [-0.25, -0.2) is 0 Å². The first-order valence-electron chi connectivity index (χ1n) is 7.40. The maximum Gasteiger partial charge on any atom is 0.255 e. The van der Waals surface area contributed by atoms with Gasteiger partial charge in [0, 0.05) is 25.2 Å². The van der Waals surface area contributed by atoms with Crippen LogP contribution >= 0.6 is 0 Å². The summed E-state index contributed by atoms with van der Waals surface area (Å²) in [6.45, 7) is 8.95. The van der Waals surface area contributed by atoms with E-state index in [9.17, 15) is 4.79 Å². The largest absolute Gasteiger partial charge is 0.311 e. The Morgan fingerprint density at radius 3 is 2.43 bits per heavy atom. The van der Waals surface area contributed by atoms with Crippen LogP contribution in [0.15, 0.2) is 35.1 Å². The maximum atomic E-state index is 12.5. The van der Waals surface area contributed by atoms with Gasteiger partial charge in [0.2, 0.25) is 0 Å². The number of hydrogen-bond acceptors (Lipinski definition) is 2. The fraction of sp³-hybridized carbons (Fsp3) is 0.389. The summed E-state index contributed by atoms with van der Waals surface area (Å²) in [7, 11) is 1.84. The number of benzene rings is 1. The molecule has 1 aromatic carbocycles. The van der Waals surface area contributed by atoms with Crippen molar-refractivity contribution in [2.24, 2.45) is 7.05 Å². The minimum Gasteiger partial charge on any atom is -0.311 e. The number of pyridine rings is 1. The van der Waals surface area contributed by atoms with Crippen LogP contribution in [0.4, 0.5) is 0 Å². The SMILES string of the molecule is Cc1ccc(-c2ccc(CNC(C)C)c(=O)n2C)cc1C. The topological polar surface area (TPSA) is 34.0 Å². The normalized spacial score (nSPS) is 11.1. The standard InChI is InChI=1S/C18H24N2O/c1-12(2)19-11-16-8-9-17(20(5)18(16)21)15-7-6-13(3)14(4)10-15/h6-10,12,19H,11H2,1-5H3. The second kappa shape index (κ2) is 6.27. The minimum atomic E-state index is 0.0684. The monoisotopic (exact) mass is 284 g/mol. The van der Waals surface area contributed by atoms with Crippen LogP contribution in [0, 0.1) is 13.8 Å². The third-order valence-electron chi connectivity index (χ3n) is 3.89. The number of nitrogens with zero attached hydrogens (tertiary/aromatic N) is 1. The molecule has 0 bridgehead atoms. The molecule has 0 fully saturated rings. The van der Waals surface area contributed by atoms with Crippen molar-refractivity contribution in [1.82, 2.24) is 9.88 Å². The number of aryl methyl sites for hydroxylation is 2. The maximum absolute atomic E-state index is 12.5. The van der Waals surface area contributed by atoms with Gasteiger partial charge in [-0.2, -0.15) is 0 Å². The van der Waals surface area contributed by atoms with Gasteiger partial charge in [-0.15, -0.1) is 0 Å². The molecule has 0 radical (unpaired) electrons. The van der Waals surface area contributed by atoms with E-state index >= 15 is 0 Å². The highest BCUT2D eigenvalue weighted by Crippen LogP contribution is 2.21. The Labute approximate surface area is 126 Å². The minimum absolute atomic E-state index is 0.0684. The van der Waals surface area contributed by atoms with Gasteiger partial charge >= 0.3 is 0 Å². The molecule has 0 amide bonds. The lowest BCUT2D eigenvalue weighted by atomic mass is 10.0. The molecule has 0 spiro atoms. The third kappa shape index (κ3) is 3.42. The van der Waals surface area contributed by atoms with Crippen LogP contribution in [0.5, 0.6) is 0 Å². The summed E-state index contributed by atoms with van der Waals surface area (Å²) in [4.78, 5) is 12.5. The first-order valence-corrected chi connectivity index (χ1v) is 7.40. The van der Waals surface area contributed by atoms with E-state index in [1.807, 2.05) is 19.2 Å². The molecule has 112 valence electrons. The van der Waals surface area contributed by atoms with Crippen molar-refractivity contribution < 1.29 is 0 Å². The van der Waals surface area contributed by atoms with E-state index in [0.29, 0.717) is 12.6 Å². The van der Waals surface area contributed by atoms with Gasteiger partial charge < -0.3 is 9.88 Å². The third-order valence-corrected chi connectivity index (χ3v) is 3.89. The van der Waals surface area contributed by atoms with Gasteiger partial charge in [0.05, 0.1) is 5.69 Å². The quantitative estimate of drug-likeness (QED) is 0.935. The van der Waals surface area contributed by atoms with E-state index in [-0.39, 0.29) is 5.56 Å². The lowest BCUT2D eigenvalue weighted by Crippen LogP contribution is -2.29. The second-order valence-corrected chi connectivity index (χ2v) is 5.94. The van der Waals surface area contributed by atoms with Gasteiger partial charge in [0.25, 0.3) is 5.56 Å². The summed E-state index contributed by atoms with van der Waals surface area (Å²) < 4.78 is 1.74. The fourth-order valence-corrected chi connectivity index (χ4v) is 2.33. The Bertz CT molecular complexity index is 699. The molecule has 1 N–H and O–H groups in total. The number of nitrogens with one attached hydrogen (secondary N) is 1. The van der Waals surface area contributed by atoms with Crippen molar-refractivity contribution in [1.29, 1.82) is 0 Å².